The second-order valence-corrected chi connectivity index (χ2v) is 7.51. The van der Waals surface area contributed by atoms with Gasteiger partial charge in [0.05, 0.1) is 25.0 Å². The lowest BCUT2D eigenvalue weighted by molar-refractivity contribution is -0.144. The van der Waals surface area contributed by atoms with Gasteiger partial charge in [0.1, 0.15) is 0 Å². The fourth-order valence-corrected chi connectivity index (χ4v) is 3.88. The Bertz CT molecular complexity index is 942. The first-order valence-corrected chi connectivity index (χ1v) is 10.3. The van der Waals surface area contributed by atoms with Crippen molar-refractivity contribution >= 4 is 23.5 Å². The van der Waals surface area contributed by atoms with Gasteiger partial charge in [0.15, 0.2) is 0 Å². The Morgan fingerprint density at radius 2 is 1.97 bits per heavy atom. The lowest BCUT2D eigenvalue weighted by atomic mass is 9.98. The molecule has 2 aliphatic rings. The van der Waals surface area contributed by atoms with Gasteiger partial charge in [-0.15, -0.1) is 5.10 Å². The SMILES string of the molecule is CCOC(=O)CN1CCN(c2nncc(-c3ccc4c(c3)CCC(=O)N4C)n2)CC1. The molecule has 2 aromatic rings. The number of rotatable bonds is 5. The molecule has 9 nitrogen and oxygen atoms in total. The van der Waals surface area contributed by atoms with Crippen LogP contribution >= 0.6 is 0 Å². The Balaban J connectivity index is 1.45. The minimum Gasteiger partial charge on any atom is -0.465 e. The zero-order valence-electron chi connectivity index (χ0n) is 17.4. The Labute approximate surface area is 175 Å². The summed E-state index contributed by atoms with van der Waals surface area (Å²) in [5.41, 5.74) is 3.82. The molecule has 0 spiro atoms. The van der Waals surface area contributed by atoms with Gasteiger partial charge in [-0.25, -0.2) is 4.98 Å². The number of nitrogens with zero attached hydrogens (tertiary/aromatic N) is 6. The number of anilines is 2. The molecule has 0 N–H and O–H groups in total. The van der Waals surface area contributed by atoms with E-state index in [-0.39, 0.29) is 11.9 Å². The monoisotopic (exact) mass is 410 g/mol. The van der Waals surface area contributed by atoms with Crippen LogP contribution in [0.3, 0.4) is 0 Å². The number of aromatic nitrogens is 3. The highest BCUT2D eigenvalue weighted by molar-refractivity contribution is 5.96. The van der Waals surface area contributed by atoms with Crippen molar-refractivity contribution in [1.82, 2.24) is 20.1 Å². The topological polar surface area (TPSA) is 91.8 Å². The molecule has 2 aliphatic heterocycles. The maximum Gasteiger partial charge on any atom is 0.320 e. The third kappa shape index (κ3) is 4.25. The van der Waals surface area contributed by atoms with Crippen molar-refractivity contribution in [2.24, 2.45) is 0 Å². The minimum absolute atomic E-state index is 0.142. The van der Waals surface area contributed by atoms with E-state index in [1.54, 1.807) is 11.1 Å². The fourth-order valence-electron chi connectivity index (χ4n) is 3.88. The quantitative estimate of drug-likeness (QED) is 0.678. The Kier molecular flexibility index (Phi) is 5.89. The van der Waals surface area contributed by atoms with E-state index >= 15 is 0 Å². The molecule has 1 aromatic heterocycles. The number of aryl methyl sites for hydroxylation is 1. The molecule has 1 amide bonds. The number of esters is 1. The zero-order valence-corrected chi connectivity index (χ0v) is 17.4. The smallest absolute Gasteiger partial charge is 0.320 e. The maximum absolute atomic E-state index is 11.9. The van der Waals surface area contributed by atoms with Crippen LogP contribution in [0, 0.1) is 0 Å². The van der Waals surface area contributed by atoms with Crippen molar-refractivity contribution in [3.8, 4) is 11.3 Å². The maximum atomic E-state index is 11.9. The van der Waals surface area contributed by atoms with Gasteiger partial charge >= 0.3 is 5.97 Å². The van der Waals surface area contributed by atoms with Crippen LogP contribution in [0.4, 0.5) is 11.6 Å². The second kappa shape index (κ2) is 8.74. The van der Waals surface area contributed by atoms with E-state index in [4.69, 9.17) is 9.72 Å². The normalized spacial score (nSPS) is 17.1. The lowest BCUT2D eigenvalue weighted by Gasteiger charge is -2.33. The average molecular weight is 410 g/mol. The predicted molar refractivity (Wildman–Crippen MR) is 112 cm³/mol. The van der Waals surface area contributed by atoms with Gasteiger partial charge in [0, 0.05) is 50.9 Å². The van der Waals surface area contributed by atoms with Gasteiger partial charge in [-0.2, -0.15) is 5.10 Å². The largest absolute Gasteiger partial charge is 0.465 e. The molecule has 3 heterocycles. The van der Waals surface area contributed by atoms with Gasteiger partial charge in [0.2, 0.25) is 11.9 Å². The highest BCUT2D eigenvalue weighted by Crippen LogP contribution is 2.30. The summed E-state index contributed by atoms with van der Waals surface area (Å²) in [6, 6.07) is 6.03. The van der Waals surface area contributed by atoms with E-state index in [9.17, 15) is 9.59 Å². The Morgan fingerprint density at radius 1 is 1.17 bits per heavy atom. The summed E-state index contributed by atoms with van der Waals surface area (Å²) in [6.45, 7) is 5.46. The average Bonchev–Trinajstić information content (AvgIpc) is 2.77. The van der Waals surface area contributed by atoms with Crippen molar-refractivity contribution in [2.45, 2.75) is 19.8 Å². The van der Waals surface area contributed by atoms with E-state index in [1.807, 2.05) is 26.1 Å². The predicted octanol–water partition coefficient (Wildman–Crippen LogP) is 1.13. The molecular weight excluding hydrogens is 384 g/mol. The number of carbonyl (C=O) groups is 2. The first kappa shape index (κ1) is 20.2. The third-order valence-electron chi connectivity index (χ3n) is 5.58. The van der Waals surface area contributed by atoms with Crippen LogP contribution in [0.25, 0.3) is 11.3 Å². The molecule has 1 aromatic carbocycles. The number of carbonyl (C=O) groups excluding carboxylic acids is 2. The first-order valence-electron chi connectivity index (χ1n) is 10.3. The summed E-state index contributed by atoms with van der Waals surface area (Å²) in [4.78, 5) is 34.2. The van der Waals surface area contributed by atoms with E-state index in [0.29, 0.717) is 25.5 Å². The van der Waals surface area contributed by atoms with Gasteiger partial charge in [-0.3, -0.25) is 14.5 Å². The molecule has 0 radical (unpaired) electrons. The van der Waals surface area contributed by atoms with Crippen LogP contribution in [0.2, 0.25) is 0 Å². The fraction of sp³-hybridized carbons (Fsp3) is 0.476. The van der Waals surface area contributed by atoms with E-state index in [1.165, 1.54) is 0 Å². The summed E-state index contributed by atoms with van der Waals surface area (Å²) in [5, 5.41) is 8.38. The molecule has 158 valence electrons. The summed E-state index contributed by atoms with van der Waals surface area (Å²) < 4.78 is 5.02. The number of amides is 1. The van der Waals surface area contributed by atoms with Crippen LogP contribution in [-0.4, -0.2) is 78.3 Å². The molecular formula is C21H26N6O3. The van der Waals surface area contributed by atoms with Crippen LogP contribution in [0.1, 0.15) is 18.9 Å². The third-order valence-corrected chi connectivity index (χ3v) is 5.58. The van der Waals surface area contributed by atoms with Crippen molar-refractivity contribution in [3.05, 3.63) is 30.0 Å². The van der Waals surface area contributed by atoms with E-state index in [2.05, 4.69) is 26.1 Å². The molecule has 0 saturated carbocycles. The Hall–Kier alpha value is -3.07. The zero-order chi connectivity index (χ0) is 21.1. The van der Waals surface area contributed by atoms with Gasteiger partial charge in [0.25, 0.3) is 0 Å². The van der Waals surface area contributed by atoms with Crippen LogP contribution in [-0.2, 0) is 20.7 Å². The highest BCUT2D eigenvalue weighted by Gasteiger charge is 2.23. The first-order chi connectivity index (χ1) is 14.5. The molecule has 0 unspecified atom stereocenters. The molecule has 0 aliphatic carbocycles. The summed E-state index contributed by atoms with van der Waals surface area (Å²) in [7, 11) is 1.81. The number of fused-ring (bicyclic) bond motifs is 1. The number of hydrogen-bond donors (Lipinski definition) is 0. The minimum atomic E-state index is -0.189. The highest BCUT2D eigenvalue weighted by atomic mass is 16.5. The molecule has 0 atom stereocenters. The molecule has 9 heteroatoms. The Morgan fingerprint density at radius 3 is 2.73 bits per heavy atom. The summed E-state index contributed by atoms with van der Waals surface area (Å²) >= 11 is 0. The van der Waals surface area contributed by atoms with Crippen molar-refractivity contribution in [2.75, 3.05) is 56.2 Å². The molecule has 4 rings (SSSR count). The summed E-state index contributed by atoms with van der Waals surface area (Å²) in [5.74, 6) is 0.544. The molecule has 1 fully saturated rings. The van der Waals surface area contributed by atoms with Gasteiger partial charge < -0.3 is 14.5 Å². The van der Waals surface area contributed by atoms with Crippen LogP contribution in [0.5, 0.6) is 0 Å². The number of ether oxygens (including phenoxy) is 1. The number of hydrogen-bond acceptors (Lipinski definition) is 8. The molecule has 30 heavy (non-hydrogen) atoms. The van der Waals surface area contributed by atoms with Crippen molar-refractivity contribution in [3.63, 3.8) is 0 Å². The van der Waals surface area contributed by atoms with Crippen LogP contribution < -0.4 is 9.80 Å². The standard InChI is InChI=1S/C21H26N6O3/c1-3-30-20(29)14-26-8-10-27(11-9-26)21-23-17(13-22-24-21)15-4-6-18-16(12-15)5-7-19(28)25(18)2/h4,6,12-13H,3,5,7-11,14H2,1-2H3. The van der Waals surface area contributed by atoms with E-state index in [0.717, 1.165) is 55.1 Å². The van der Waals surface area contributed by atoms with E-state index < -0.39 is 0 Å². The lowest BCUT2D eigenvalue weighted by Crippen LogP contribution is -2.48. The van der Waals surface area contributed by atoms with Gasteiger partial charge in [-0.05, 0) is 31.0 Å². The number of piperazine rings is 1. The van der Waals surface area contributed by atoms with Crippen molar-refractivity contribution in [1.29, 1.82) is 0 Å². The second-order valence-electron chi connectivity index (χ2n) is 7.51. The van der Waals surface area contributed by atoms with Crippen molar-refractivity contribution < 1.29 is 14.3 Å². The number of benzene rings is 1. The van der Waals surface area contributed by atoms with Crippen LogP contribution in [0.15, 0.2) is 24.4 Å². The van der Waals surface area contributed by atoms with Gasteiger partial charge in [-0.1, -0.05) is 6.07 Å². The summed E-state index contributed by atoms with van der Waals surface area (Å²) in [6.07, 6.45) is 2.93. The molecule has 0 bridgehead atoms. The molecule has 1 saturated heterocycles.